The van der Waals surface area contributed by atoms with Crippen LogP contribution in [0.25, 0.3) is 28.1 Å². The summed E-state index contributed by atoms with van der Waals surface area (Å²) in [5.74, 6) is -0.0629. The molecule has 0 spiro atoms. The Morgan fingerprint density at radius 2 is 1.82 bits per heavy atom. The lowest BCUT2D eigenvalue weighted by molar-refractivity contribution is -0.384. The van der Waals surface area contributed by atoms with Gasteiger partial charge in [0.25, 0.3) is 5.69 Å². The lowest BCUT2D eigenvalue weighted by Gasteiger charge is -2.39. The number of hydrogen-bond acceptors (Lipinski definition) is 8. The molecule has 1 aliphatic rings. The largest absolute Gasteiger partial charge is 0.338 e. The number of nitrogens with zero attached hydrogens (tertiary/aromatic N) is 7. The van der Waals surface area contributed by atoms with Crippen molar-refractivity contribution in [2.24, 2.45) is 0 Å². The van der Waals surface area contributed by atoms with Crippen LogP contribution in [0.15, 0.2) is 84.0 Å². The molecule has 1 saturated heterocycles. The zero-order chi connectivity index (χ0) is 31.5. The lowest BCUT2D eigenvalue weighted by atomic mass is 10.1. The topological polar surface area (TPSA) is 127 Å². The number of nitro groups is 1. The van der Waals surface area contributed by atoms with E-state index in [1.54, 1.807) is 28.0 Å². The van der Waals surface area contributed by atoms with Gasteiger partial charge < -0.3 is 14.4 Å². The van der Waals surface area contributed by atoms with Crippen LogP contribution in [0.4, 0.5) is 5.69 Å². The zero-order valence-electron chi connectivity index (χ0n) is 24.9. The fourth-order valence-corrected chi connectivity index (χ4v) is 6.23. The molecule has 11 nitrogen and oxygen atoms in total. The molecular formula is C33H31N7O4S. The molecule has 12 heteroatoms. The Balaban J connectivity index is 1.10. The minimum atomic E-state index is -0.463. The van der Waals surface area contributed by atoms with E-state index >= 15 is 0 Å². The first-order chi connectivity index (χ1) is 21.8. The second-order valence-electron chi connectivity index (χ2n) is 11.0. The quantitative estimate of drug-likeness (QED) is 0.101. The van der Waals surface area contributed by atoms with Gasteiger partial charge in [-0.3, -0.25) is 19.7 Å². The fourth-order valence-electron chi connectivity index (χ4n) is 5.54. The summed E-state index contributed by atoms with van der Waals surface area (Å²) >= 11 is 1.26. The van der Waals surface area contributed by atoms with Crippen molar-refractivity contribution in [1.29, 1.82) is 0 Å². The van der Waals surface area contributed by atoms with E-state index in [4.69, 9.17) is 4.98 Å². The molecule has 3 aromatic carbocycles. The van der Waals surface area contributed by atoms with Gasteiger partial charge in [-0.05, 0) is 55.3 Å². The second kappa shape index (κ2) is 12.9. The molecule has 0 radical (unpaired) electrons. The molecule has 3 heterocycles. The number of non-ortho nitro benzene ring substituents is 1. The summed E-state index contributed by atoms with van der Waals surface area (Å²) in [6, 6.07) is 22.3. The summed E-state index contributed by atoms with van der Waals surface area (Å²) in [4.78, 5) is 44.8. The van der Waals surface area contributed by atoms with Crippen LogP contribution in [0.2, 0.25) is 0 Å². The Labute approximate surface area is 263 Å². The molecule has 228 valence electrons. The number of fused-ring (bicyclic) bond motifs is 3. The highest BCUT2D eigenvalue weighted by Crippen LogP contribution is 2.29. The van der Waals surface area contributed by atoms with Gasteiger partial charge in [-0.25, -0.2) is 4.98 Å². The number of aryl methyl sites for hydroxylation is 1. The summed E-state index contributed by atoms with van der Waals surface area (Å²) < 4.78 is 2.15. The number of carbonyl (C=O) groups excluding carboxylic acids is 2. The highest BCUT2D eigenvalue weighted by molar-refractivity contribution is 7.99. The maximum absolute atomic E-state index is 13.2. The zero-order valence-corrected chi connectivity index (χ0v) is 25.7. The van der Waals surface area contributed by atoms with E-state index in [1.807, 2.05) is 32.0 Å². The van der Waals surface area contributed by atoms with Gasteiger partial charge in [0.05, 0.1) is 16.2 Å². The van der Waals surface area contributed by atoms with E-state index < -0.39 is 4.92 Å². The first-order valence-electron chi connectivity index (χ1n) is 14.6. The van der Waals surface area contributed by atoms with E-state index in [-0.39, 0.29) is 29.3 Å². The number of amides is 2. The van der Waals surface area contributed by atoms with Crippen LogP contribution in [0, 0.1) is 17.0 Å². The smallest absolute Gasteiger partial charge is 0.269 e. The fraction of sp³-hybridized carbons (Fsp3) is 0.242. The maximum atomic E-state index is 13.2. The van der Waals surface area contributed by atoms with Crippen molar-refractivity contribution in [2.45, 2.75) is 31.6 Å². The van der Waals surface area contributed by atoms with Crippen LogP contribution in [-0.2, 0) is 16.1 Å². The average Bonchev–Trinajstić information content (AvgIpc) is 3.34. The van der Waals surface area contributed by atoms with Gasteiger partial charge in [-0.1, -0.05) is 53.7 Å². The first-order valence-corrected chi connectivity index (χ1v) is 15.6. The van der Waals surface area contributed by atoms with Gasteiger partial charge in [-0.2, -0.15) is 0 Å². The Morgan fingerprint density at radius 3 is 2.56 bits per heavy atom. The Morgan fingerprint density at radius 1 is 1.04 bits per heavy atom. The van der Waals surface area contributed by atoms with Crippen molar-refractivity contribution in [2.75, 3.05) is 25.4 Å². The molecule has 1 atom stereocenters. The summed E-state index contributed by atoms with van der Waals surface area (Å²) in [6.07, 6.45) is 3.10. The number of hydrogen-bond donors (Lipinski definition) is 0. The number of nitro benzene ring substituents is 1. The molecule has 1 fully saturated rings. The number of benzene rings is 3. The minimum Gasteiger partial charge on any atom is -0.338 e. The molecule has 0 N–H and O–H groups in total. The number of piperazine rings is 1. The first kappa shape index (κ1) is 29.9. The SMILES string of the molecule is Cc1ccc2c(c1)c1nnc(SCC(=O)N3CCN(C(=O)/C=C/c4ccc([N+](=O)[O-])cc4)C(C)C3)nc1n2Cc1ccccc1. The minimum absolute atomic E-state index is 0.00396. The van der Waals surface area contributed by atoms with Crippen molar-refractivity contribution in [3.63, 3.8) is 0 Å². The second-order valence-corrected chi connectivity index (χ2v) is 12.0. The predicted molar refractivity (Wildman–Crippen MR) is 174 cm³/mol. The van der Waals surface area contributed by atoms with Gasteiger partial charge in [0.2, 0.25) is 17.0 Å². The van der Waals surface area contributed by atoms with Crippen LogP contribution < -0.4 is 0 Å². The normalized spacial score (nSPS) is 15.3. The molecule has 45 heavy (non-hydrogen) atoms. The lowest BCUT2D eigenvalue weighted by Crippen LogP contribution is -2.55. The summed E-state index contributed by atoms with van der Waals surface area (Å²) in [5, 5.41) is 21.2. The molecule has 6 rings (SSSR count). The van der Waals surface area contributed by atoms with Gasteiger partial charge >= 0.3 is 0 Å². The molecule has 0 saturated carbocycles. The number of rotatable bonds is 8. The molecule has 1 unspecified atom stereocenters. The van der Waals surface area contributed by atoms with Crippen molar-refractivity contribution in [1.82, 2.24) is 29.5 Å². The Kier molecular flexibility index (Phi) is 8.56. The van der Waals surface area contributed by atoms with Crippen LogP contribution in [0.1, 0.15) is 23.6 Å². The third kappa shape index (κ3) is 6.55. The highest BCUT2D eigenvalue weighted by Gasteiger charge is 2.29. The molecule has 1 aliphatic heterocycles. The van der Waals surface area contributed by atoms with Crippen LogP contribution in [-0.4, -0.2) is 77.7 Å². The van der Waals surface area contributed by atoms with Crippen molar-refractivity contribution in [3.05, 3.63) is 106 Å². The van der Waals surface area contributed by atoms with E-state index in [9.17, 15) is 19.7 Å². The third-order valence-electron chi connectivity index (χ3n) is 7.90. The monoisotopic (exact) mass is 621 g/mol. The van der Waals surface area contributed by atoms with Crippen LogP contribution in [0.5, 0.6) is 0 Å². The van der Waals surface area contributed by atoms with Crippen molar-refractivity contribution < 1.29 is 14.5 Å². The van der Waals surface area contributed by atoms with E-state index in [0.717, 1.165) is 33.2 Å². The maximum Gasteiger partial charge on any atom is 0.269 e. The van der Waals surface area contributed by atoms with E-state index in [0.29, 0.717) is 36.9 Å². The summed E-state index contributed by atoms with van der Waals surface area (Å²) in [7, 11) is 0. The Bertz CT molecular complexity index is 1930. The number of aromatic nitrogens is 4. The average molecular weight is 622 g/mol. The summed E-state index contributed by atoms with van der Waals surface area (Å²) in [6.45, 7) is 5.84. The summed E-state index contributed by atoms with van der Waals surface area (Å²) in [5.41, 5.74) is 5.46. The van der Waals surface area contributed by atoms with Crippen LogP contribution >= 0.6 is 11.8 Å². The molecule has 0 bridgehead atoms. The van der Waals surface area contributed by atoms with Gasteiger partial charge in [0.1, 0.15) is 5.52 Å². The van der Waals surface area contributed by atoms with Gasteiger partial charge in [0.15, 0.2) is 5.65 Å². The van der Waals surface area contributed by atoms with E-state index in [1.165, 1.54) is 30.0 Å². The highest BCUT2D eigenvalue weighted by atomic mass is 32.2. The predicted octanol–water partition coefficient (Wildman–Crippen LogP) is 5.11. The van der Waals surface area contributed by atoms with Gasteiger partial charge in [0, 0.05) is 55.8 Å². The third-order valence-corrected chi connectivity index (χ3v) is 8.72. The standard InChI is InChI=1S/C33H31N7O4S/c1-22-8-14-28-27(18-22)31-32(39(28)20-25-6-4-3-5-7-25)34-33(36-35-31)45-21-30(42)37-16-17-38(23(2)19-37)29(41)15-11-24-9-12-26(13-10-24)40(43)44/h3-15,18,23H,16-17,19-21H2,1-2H3/b15-11+. The molecule has 5 aromatic rings. The molecule has 0 aliphatic carbocycles. The molecule has 2 amide bonds. The molecular weight excluding hydrogens is 590 g/mol. The molecule has 2 aromatic heterocycles. The van der Waals surface area contributed by atoms with Gasteiger partial charge in [-0.15, -0.1) is 10.2 Å². The number of carbonyl (C=O) groups is 2. The van der Waals surface area contributed by atoms with E-state index in [2.05, 4.69) is 45.1 Å². The van der Waals surface area contributed by atoms with Crippen LogP contribution in [0.3, 0.4) is 0 Å². The number of thioether (sulfide) groups is 1. The Hall–Kier alpha value is -5.10. The van der Waals surface area contributed by atoms with Crippen molar-refractivity contribution in [3.8, 4) is 0 Å². The van der Waals surface area contributed by atoms with Crippen molar-refractivity contribution >= 4 is 57.4 Å².